The van der Waals surface area contributed by atoms with Gasteiger partial charge in [0, 0.05) is 18.9 Å². The first-order chi connectivity index (χ1) is 16.0. The van der Waals surface area contributed by atoms with E-state index in [0.29, 0.717) is 34.3 Å². The Morgan fingerprint density at radius 2 is 1.94 bits per heavy atom. The van der Waals surface area contributed by atoms with E-state index in [9.17, 15) is 14.4 Å². The van der Waals surface area contributed by atoms with Crippen LogP contribution in [0.5, 0.6) is 11.5 Å². The predicted molar refractivity (Wildman–Crippen MR) is 120 cm³/mol. The number of aromatic amines is 1. The van der Waals surface area contributed by atoms with Gasteiger partial charge in [-0.05, 0) is 24.3 Å². The van der Waals surface area contributed by atoms with Crippen LogP contribution in [0.2, 0.25) is 0 Å². The summed E-state index contributed by atoms with van der Waals surface area (Å²) in [5.74, 6) is 0.590. The third-order valence-corrected chi connectivity index (χ3v) is 5.04. The summed E-state index contributed by atoms with van der Waals surface area (Å²) in [7, 11) is 3.08. The molecule has 11 nitrogen and oxygen atoms in total. The molecule has 0 bridgehead atoms. The molecule has 1 aliphatic rings. The van der Waals surface area contributed by atoms with Gasteiger partial charge in [-0.1, -0.05) is 12.1 Å². The first kappa shape index (κ1) is 21.8. The van der Waals surface area contributed by atoms with Crippen molar-refractivity contribution >= 4 is 35.0 Å². The van der Waals surface area contributed by atoms with Gasteiger partial charge >= 0.3 is 0 Å². The van der Waals surface area contributed by atoms with Crippen molar-refractivity contribution in [3.05, 3.63) is 42.5 Å². The molecule has 0 saturated carbocycles. The highest BCUT2D eigenvalue weighted by molar-refractivity contribution is 6.10. The number of para-hydroxylation sites is 2. The molecule has 0 aliphatic carbocycles. The van der Waals surface area contributed by atoms with E-state index >= 15 is 0 Å². The summed E-state index contributed by atoms with van der Waals surface area (Å²) < 4.78 is 10.5. The number of carbonyl (C=O) groups excluding carboxylic acids is 3. The minimum Gasteiger partial charge on any atom is -0.497 e. The lowest BCUT2D eigenvalue weighted by Gasteiger charge is -2.29. The number of carbonyl (C=O) groups is 3. The Morgan fingerprint density at radius 1 is 1.12 bits per heavy atom. The largest absolute Gasteiger partial charge is 0.497 e. The Balaban J connectivity index is 1.37. The van der Waals surface area contributed by atoms with Gasteiger partial charge in [0.15, 0.2) is 5.82 Å². The van der Waals surface area contributed by atoms with Gasteiger partial charge in [-0.25, -0.2) is 0 Å². The molecule has 2 aromatic carbocycles. The smallest absolute Gasteiger partial charge is 0.249 e. The fourth-order valence-corrected chi connectivity index (χ4v) is 3.43. The average Bonchev–Trinajstić information content (AvgIpc) is 3.29. The zero-order chi connectivity index (χ0) is 23.4. The second-order valence-electron chi connectivity index (χ2n) is 7.17. The second-order valence-corrected chi connectivity index (χ2v) is 7.17. The molecule has 0 spiro atoms. The van der Waals surface area contributed by atoms with Crippen LogP contribution in [0, 0.1) is 0 Å². The number of rotatable bonds is 7. The molecule has 3 N–H and O–H groups in total. The Labute approximate surface area is 189 Å². The number of fused-ring (bicyclic) bond motifs is 1. The molecule has 0 unspecified atom stereocenters. The third-order valence-electron chi connectivity index (χ3n) is 5.04. The number of H-pyrrole nitrogens is 1. The molecule has 11 heteroatoms. The third kappa shape index (κ3) is 4.76. The zero-order valence-electron chi connectivity index (χ0n) is 18.0. The Bertz CT molecular complexity index is 1210. The fraction of sp³-hybridized carbons (Fsp3) is 0.227. The fourth-order valence-electron chi connectivity index (χ4n) is 3.43. The van der Waals surface area contributed by atoms with Crippen LogP contribution in [0.4, 0.5) is 17.3 Å². The van der Waals surface area contributed by atoms with Crippen LogP contribution in [-0.4, -0.2) is 53.7 Å². The van der Waals surface area contributed by atoms with Crippen LogP contribution in [0.15, 0.2) is 42.5 Å². The van der Waals surface area contributed by atoms with Crippen LogP contribution in [0.3, 0.4) is 0 Å². The predicted octanol–water partition coefficient (Wildman–Crippen LogP) is 2.19. The summed E-state index contributed by atoms with van der Waals surface area (Å²) in [5, 5.41) is 12.1. The molecule has 1 aromatic heterocycles. The molecule has 2 heterocycles. The maximum absolute atomic E-state index is 12.7. The van der Waals surface area contributed by atoms with Gasteiger partial charge in [0.2, 0.25) is 23.7 Å². The summed E-state index contributed by atoms with van der Waals surface area (Å²) in [4.78, 5) is 42.6. The minimum absolute atomic E-state index is 0.0722. The Kier molecular flexibility index (Phi) is 6.20. The molecule has 170 valence electrons. The number of nitrogens with one attached hydrogen (secondary N) is 3. The molecular formula is C22H22N6O5. The lowest BCUT2D eigenvalue weighted by molar-refractivity contribution is -0.124. The van der Waals surface area contributed by atoms with Crippen molar-refractivity contribution in [1.29, 1.82) is 0 Å². The van der Waals surface area contributed by atoms with Crippen LogP contribution >= 0.6 is 0 Å². The topological polar surface area (TPSA) is 139 Å². The van der Waals surface area contributed by atoms with Crippen molar-refractivity contribution in [2.24, 2.45) is 0 Å². The molecule has 4 rings (SSSR count). The molecule has 3 amide bonds. The van der Waals surface area contributed by atoms with Gasteiger partial charge < -0.3 is 19.7 Å². The summed E-state index contributed by atoms with van der Waals surface area (Å²) >= 11 is 0. The van der Waals surface area contributed by atoms with E-state index in [2.05, 4.69) is 25.8 Å². The second kappa shape index (κ2) is 9.39. The van der Waals surface area contributed by atoms with Crippen LogP contribution in [-0.2, 0) is 14.4 Å². The van der Waals surface area contributed by atoms with E-state index in [4.69, 9.17) is 9.47 Å². The molecule has 0 atom stereocenters. The van der Waals surface area contributed by atoms with E-state index in [-0.39, 0.29) is 37.1 Å². The maximum atomic E-state index is 12.7. The highest BCUT2D eigenvalue weighted by Crippen LogP contribution is 2.32. The number of hydrogen-bond acceptors (Lipinski definition) is 7. The molecule has 33 heavy (non-hydrogen) atoms. The molecule has 0 radical (unpaired) electrons. The SMILES string of the molecule is COc1ccc(-c2nc(NC(=O)CCC(=O)N3CC(=O)Nc4ccccc43)n[nH]2)c(OC)c1. The normalized spacial score (nSPS) is 12.5. The lowest BCUT2D eigenvalue weighted by Crippen LogP contribution is -2.42. The zero-order valence-corrected chi connectivity index (χ0v) is 18.0. The van der Waals surface area contributed by atoms with E-state index in [1.54, 1.807) is 49.6 Å². The van der Waals surface area contributed by atoms with Crippen molar-refractivity contribution in [2.45, 2.75) is 12.8 Å². The highest BCUT2D eigenvalue weighted by Gasteiger charge is 2.26. The highest BCUT2D eigenvalue weighted by atomic mass is 16.5. The van der Waals surface area contributed by atoms with Crippen LogP contribution in [0.25, 0.3) is 11.4 Å². The standard InChI is InChI=1S/C22H22N6O5/c1-32-13-7-8-14(17(11-13)33-2)21-25-22(27-26-21)24-18(29)9-10-20(31)28-12-19(30)23-15-5-3-4-6-16(15)28/h3-8,11H,9-10,12H2,1-2H3,(H,23,30)(H2,24,25,26,27,29). The summed E-state index contributed by atoms with van der Waals surface area (Å²) in [6.07, 6.45) is -0.161. The summed E-state index contributed by atoms with van der Waals surface area (Å²) in [6, 6.07) is 12.2. The number of methoxy groups -OCH3 is 2. The molecule has 3 aromatic rings. The van der Waals surface area contributed by atoms with Crippen LogP contribution in [0.1, 0.15) is 12.8 Å². The number of ether oxygens (including phenoxy) is 2. The summed E-state index contributed by atoms with van der Waals surface area (Å²) in [5.41, 5.74) is 1.81. The van der Waals surface area contributed by atoms with E-state index in [0.717, 1.165) is 0 Å². The van der Waals surface area contributed by atoms with Crippen LogP contribution < -0.4 is 25.0 Å². The number of hydrogen-bond donors (Lipinski definition) is 3. The maximum Gasteiger partial charge on any atom is 0.249 e. The van der Waals surface area contributed by atoms with E-state index in [1.165, 1.54) is 12.0 Å². The first-order valence-corrected chi connectivity index (χ1v) is 10.1. The number of nitrogens with zero attached hydrogens (tertiary/aromatic N) is 3. The molecule has 0 fully saturated rings. The summed E-state index contributed by atoms with van der Waals surface area (Å²) in [6.45, 7) is -0.0918. The number of benzene rings is 2. The monoisotopic (exact) mass is 450 g/mol. The van der Waals surface area contributed by atoms with Gasteiger partial charge in [-0.2, -0.15) is 4.98 Å². The van der Waals surface area contributed by atoms with Crippen molar-refractivity contribution in [3.8, 4) is 22.9 Å². The minimum atomic E-state index is -0.426. The van der Waals surface area contributed by atoms with E-state index < -0.39 is 5.91 Å². The van der Waals surface area contributed by atoms with Crippen molar-refractivity contribution in [3.63, 3.8) is 0 Å². The van der Waals surface area contributed by atoms with Crippen molar-refractivity contribution in [2.75, 3.05) is 36.3 Å². The van der Waals surface area contributed by atoms with Crippen molar-refractivity contribution in [1.82, 2.24) is 15.2 Å². The van der Waals surface area contributed by atoms with Gasteiger partial charge in [-0.15, -0.1) is 5.10 Å². The van der Waals surface area contributed by atoms with Gasteiger partial charge in [0.25, 0.3) is 0 Å². The van der Waals surface area contributed by atoms with Gasteiger partial charge in [0.05, 0.1) is 31.2 Å². The average molecular weight is 450 g/mol. The quantitative estimate of drug-likeness (QED) is 0.501. The van der Waals surface area contributed by atoms with E-state index in [1.807, 2.05) is 0 Å². The molecular weight excluding hydrogens is 428 g/mol. The van der Waals surface area contributed by atoms with Gasteiger partial charge in [0.1, 0.15) is 18.0 Å². The van der Waals surface area contributed by atoms with Gasteiger partial charge in [-0.3, -0.25) is 24.8 Å². The number of amides is 3. The lowest BCUT2D eigenvalue weighted by atomic mass is 10.1. The first-order valence-electron chi connectivity index (χ1n) is 10.1. The Hall–Kier alpha value is -4.41. The van der Waals surface area contributed by atoms with Crippen molar-refractivity contribution < 1.29 is 23.9 Å². The Morgan fingerprint density at radius 3 is 2.73 bits per heavy atom. The number of aromatic nitrogens is 3. The molecule has 1 aliphatic heterocycles. The molecule has 0 saturated heterocycles. The number of anilines is 3.